The van der Waals surface area contributed by atoms with Crippen molar-refractivity contribution in [3.63, 3.8) is 0 Å². The van der Waals surface area contributed by atoms with E-state index >= 15 is 0 Å². The Labute approximate surface area is 136 Å². The summed E-state index contributed by atoms with van der Waals surface area (Å²) in [6.07, 6.45) is 1.74. The van der Waals surface area contributed by atoms with Gasteiger partial charge in [-0.15, -0.1) is 0 Å². The van der Waals surface area contributed by atoms with Crippen LogP contribution in [-0.2, 0) is 13.2 Å². The van der Waals surface area contributed by atoms with Crippen molar-refractivity contribution < 1.29 is 9.47 Å². The molecule has 2 aromatic carbocycles. The van der Waals surface area contributed by atoms with Gasteiger partial charge >= 0.3 is 0 Å². The Morgan fingerprint density at radius 3 is 1.91 bits per heavy atom. The standard InChI is InChI=1S/C20H19NO2/c1-16-20(23-15-18-10-6-3-7-11-18)19(12-13-21-16)22-14-17-8-4-2-5-9-17/h2-13H,14-15H2,1H3. The third kappa shape index (κ3) is 4.10. The topological polar surface area (TPSA) is 31.4 Å². The summed E-state index contributed by atoms with van der Waals surface area (Å²) in [6.45, 7) is 2.93. The van der Waals surface area contributed by atoms with Crippen LogP contribution in [0.5, 0.6) is 11.5 Å². The highest BCUT2D eigenvalue weighted by Crippen LogP contribution is 2.30. The van der Waals surface area contributed by atoms with Crippen LogP contribution >= 0.6 is 0 Å². The number of hydrogen-bond donors (Lipinski definition) is 0. The van der Waals surface area contributed by atoms with Gasteiger partial charge in [0.05, 0.1) is 5.69 Å². The molecule has 0 aliphatic rings. The van der Waals surface area contributed by atoms with E-state index < -0.39 is 0 Å². The van der Waals surface area contributed by atoms with Crippen LogP contribution in [0.1, 0.15) is 16.8 Å². The van der Waals surface area contributed by atoms with E-state index in [4.69, 9.17) is 9.47 Å². The molecule has 0 aliphatic heterocycles. The highest BCUT2D eigenvalue weighted by Gasteiger charge is 2.10. The summed E-state index contributed by atoms with van der Waals surface area (Å²) in [5.74, 6) is 1.42. The molecule has 0 N–H and O–H groups in total. The third-order valence-electron chi connectivity index (χ3n) is 3.51. The maximum atomic E-state index is 5.95. The van der Waals surface area contributed by atoms with E-state index in [2.05, 4.69) is 4.98 Å². The van der Waals surface area contributed by atoms with Crippen LogP contribution in [0.25, 0.3) is 0 Å². The molecule has 3 nitrogen and oxygen atoms in total. The van der Waals surface area contributed by atoms with E-state index in [1.807, 2.05) is 73.7 Å². The summed E-state index contributed by atoms with van der Waals surface area (Å²) >= 11 is 0. The second kappa shape index (κ2) is 7.45. The van der Waals surface area contributed by atoms with Crippen LogP contribution in [0, 0.1) is 6.92 Å². The largest absolute Gasteiger partial charge is 0.485 e. The summed E-state index contributed by atoms with van der Waals surface area (Å²) in [5.41, 5.74) is 3.06. The minimum atomic E-state index is 0.495. The molecular weight excluding hydrogens is 286 g/mol. The van der Waals surface area contributed by atoms with Gasteiger partial charge in [-0.1, -0.05) is 60.7 Å². The average Bonchev–Trinajstić information content (AvgIpc) is 2.61. The molecule has 3 aromatic rings. The van der Waals surface area contributed by atoms with Gasteiger partial charge in [0.15, 0.2) is 11.5 Å². The summed E-state index contributed by atoms with van der Waals surface area (Å²) in [6, 6.07) is 22.0. The number of pyridine rings is 1. The zero-order chi connectivity index (χ0) is 15.9. The molecule has 0 aliphatic carbocycles. The van der Waals surface area contributed by atoms with Crippen molar-refractivity contribution in [2.45, 2.75) is 20.1 Å². The zero-order valence-electron chi connectivity index (χ0n) is 13.1. The molecule has 1 aromatic heterocycles. The van der Waals surface area contributed by atoms with E-state index in [9.17, 15) is 0 Å². The van der Waals surface area contributed by atoms with E-state index in [0.717, 1.165) is 22.6 Å². The van der Waals surface area contributed by atoms with E-state index in [0.29, 0.717) is 19.0 Å². The minimum absolute atomic E-state index is 0.495. The fourth-order valence-corrected chi connectivity index (χ4v) is 2.28. The molecule has 0 saturated heterocycles. The van der Waals surface area contributed by atoms with Crippen molar-refractivity contribution in [3.05, 3.63) is 89.7 Å². The second-order valence-electron chi connectivity index (χ2n) is 5.27. The molecule has 0 unspecified atom stereocenters. The first-order valence-electron chi connectivity index (χ1n) is 7.62. The number of aromatic nitrogens is 1. The van der Waals surface area contributed by atoms with Gasteiger partial charge in [-0.25, -0.2) is 0 Å². The molecule has 0 radical (unpaired) electrons. The first-order valence-corrected chi connectivity index (χ1v) is 7.62. The molecule has 0 fully saturated rings. The Kier molecular flexibility index (Phi) is 4.89. The molecule has 1 heterocycles. The highest BCUT2D eigenvalue weighted by atomic mass is 16.5. The van der Waals surface area contributed by atoms with Gasteiger partial charge in [0.2, 0.25) is 0 Å². The molecule has 0 bridgehead atoms. The second-order valence-corrected chi connectivity index (χ2v) is 5.27. The van der Waals surface area contributed by atoms with Crippen molar-refractivity contribution in [2.24, 2.45) is 0 Å². The van der Waals surface area contributed by atoms with Crippen LogP contribution in [-0.4, -0.2) is 4.98 Å². The zero-order valence-corrected chi connectivity index (χ0v) is 13.1. The monoisotopic (exact) mass is 305 g/mol. The van der Waals surface area contributed by atoms with Crippen molar-refractivity contribution in [2.75, 3.05) is 0 Å². The molecule has 0 amide bonds. The normalized spacial score (nSPS) is 10.3. The number of benzene rings is 2. The van der Waals surface area contributed by atoms with Gasteiger partial charge in [0, 0.05) is 12.3 Å². The fraction of sp³-hybridized carbons (Fsp3) is 0.150. The summed E-state index contributed by atoms with van der Waals surface area (Å²) in [5, 5.41) is 0. The van der Waals surface area contributed by atoms with Crippen LogP contribution < -0.4 is 9.47 Å². The fourth-order valence-electron chi connectivity index (χ4n) is 2.28. The number of nitrogens with zero attached hydrogens (tertiary/aromatic N) is 1. The minimum Gasteiger partial charge on any atom is -0.485 e. The maximum absolute atomic E-state index is 5.95. The molecule has 3 rings (SSSR count). The van der Waals surface area contributed by atoms with Crippen LogP contribution in [0.15, 0.2) is 72.9 Å². The number of aryl methyl sites for hydroxylation is 1. The summed E-state index contributed by atoms with van der Waals surface area (Å²) in [4.78, 5) is 4.30. The first-order chi connectivity index (χ1) is 11.3. The number of ether oxygens (including phenoxy) is 2. The molecule has 23 heavy (non-hydrogen) atoms. The smallest absolute Gasteiger partial charge is 0.182 e. The number of rotatable bonds is 6. The maximum Gasteiger partial charge on any atom is 0.182 e. The average molecular weight is 305 g/mol. The van der Waals surface area contributed by atoms with Gasteiger partial charge in [-0.05, 0) is 18.1 Å². The van der Waals surface area contributed by atoms with Gasteiger partial charge in [0.1, 0.15) is 13.2 Å². The van der Waals surface area contributed by atoms with Crippen molar-refractivity contribution >= 4 is 0 Å². The lowest BCUT2D eigenvalue weighted by atomic mass is 10.2. The lowest BCUT2D eigenvalue weighted by Crippen LogP contribution is -2.02. The molecule has 3 heteroatoms. The van der Waals surface area contributed by atoms with Crippen molar-refractivity contribution in [3.8, 4) is 11.5 Å². The molecular formula is C20H19NO2. The Morgan fingerprint density at radius 2 is 1.30 bits per heavy atom. The predicted molar refractivity (Wildman–Crippen MR) is 90.5 cm³/mol. The highest BCUT2D eigenvalue weighted by molar-refractivity contribution is 5.42. The Balaban J connectivity index is 1.71. The van der Waals surface area contributed by atoms with Crippen molar-refractivity contribution in [1.29, 1.82) is 0 Å². The lowest BCUT2D eigenvalue weighted by Gasteiger charge is -2.14. The van der Waals surface area contributed by atoms with E-state index in [1.165, 1.54) is 0 Å². The first kappa shape index (κ1) is 15.1. The van der Waals surface area contributed by atoms with Gasteiger partial charge in [-0.2, -0.15) is 0 Å². The van der Waals surface area contributed by atoms with Gasteiger partial charge in [-0.3, -0.25) is 4.98 Å². The van der Waals surface area contributed by atoms with Crippen LogP contribution in [0.4, 0.5) is 0 Å². The molecule has 116 valence electrons. The Morgan fingerprint density at radius 1 is 0.739 bits per heavy atom. The molecule has 0 spiro atoms. The number of hydrogen-bond acceptors (Lipinski definition) is 3. The molecule has 0 atom stereocenters. The summed E-state index contributed by atoms with van der Waals surface area (Å²) < 4.78 is 11.9. The lowest BCUT2D eigenvalue weighted by molar-refractivity contribution is 0.253. The van der Waals surface area contributed by atoms with Crippen LogP contribution in [0.3, 0.4) is 0 Å². The quantitative estimate of drug-likeness (QED) is 0.669. The van der Waals surface area contributed by atoms with Crippen LogP contribution in [0.2, 0.25) is 0 Å². The van der Waals surface area contributed by atoms with Crippen molar-refractivity contribution in [1.82, 2.24) is 4.98 Å². The third-order valence-corrected chi connectivity index (χ3v) is 3.51. The molecule has 0 saturated carbocycles. The summed E-state index contributed by atoms with van der Waals surface area (Å²) in [7, 11) is 0. The van der Waals surface area contributed by atoms with E-state index in [1.54, 1.807) is 6.20 Å². The predicted octanol–water partition coefficient (Wildman–Crippen LogP) is 4.55. The SMILES string of the molecule is Cc1nccc(OCc2ccccc2)c1OCc1ccccc1. The van der Waals surface area contributed by atoms with E-state index in [-0.39, 0.29) is 0 Å². The Bertz CT molecular complexity index is 742. The van der Waals surface area contributed by atoms with Gasteiger partial charge in [0.25, 0.3) is 0 Å². The Hall–Kier alpha value is -2.81. The van der Waals surface area contributed by atoms with Gasteiger partial charge < -0.3 is 9.47 Å².